The fourth-order valence-electron chi connectivity index (χ4n) is 2.40. The first-order chi connectivity index (χ1) is 16.3. The minimum atomic E-state index is -1.26. The van der Waals surface area contributed by atoms with Crippen molar-refractivity contribution in [2.24, 2.45) is 0 Å². The second kappa shape index (κ2) is 14.7. The van der Waals surface area contributed by atoms with Crippen LogP contribution in [0.1, 0.15) is 11.1 Å². The molecule has 0 spiro atoms. The summed E-state index contributed by atoms with van der Waals surface area (Å²) >= 11 is 0. The molecule has 2 amide bonds. The Labute approximate surface area is 203 Å². The Morgan fingerprint density at radius 3 is 1.35 bits per heavy atom. The van der Waals surface area contributed by atoms with Crippen LogP contribution in [0.3, 0.4) is 0 Å². The predicted octanol–water partition coefficient (Wildman–Crippen LogP) is 3.13. The fourth-order valence-corrected chi connectivity index (χ4v) is 4.71. The molecule has 2 rings (SSSR count). The molecule has 0 radical (unpaired) electrons. The number of nitrogens with one attached hydrogen (secondary N) is 2. The van der Waals surface area contributed by atoms with Gasteiger partial charge < -0.3 is 30.3 Å². The molecule has 0 aliphatic rings. The molecule has 0 saturated heterocycles. The van der Waals surface area contributed by atoms with Gasteiger partial charge in [0.1, 0.15) is 25.3 Å². The Bertz CT molecular complexity index is 869. The van der Waals surface area contributed by atoms with Crippen molar-refractivity contribution >= 4 is 45.7 Å². The van der Waals surface area contributed by atoms with Gasteiger partial charge in [-0.15, -0.1) is 0 Å². The molecule has 2 unspecified atom stereocenters. The van der Waals surface area contributed by atoms with Gasteiger partial charge in [-0.25, -0.2) is 19.2 Å². The lowest BCUT2D eigenvalue weighted by Gasteiger charge is -2.16. The Hall–Kier alpha value is -3.38. The van der Waals surface area contributed by atoms with Crippen molar-refractivity contribution in [3.63, 3.8) is 0 Å². The van der Waals surface area contributed by atoms with Gasteiger partial charge in [0.2, 0.25) is 0 Å². The number of aliphatic carboxylic acids is 2. The standard InChI is InChI=1S/C22H24N2O8S2/c25-19(26)17(23-21(29)31-11-15-7-3-1-4-8-15)13-33-34-14-18(20(27)28)24-22(30)32-12-16-9-5-2-6-10-16/h1-10,17-18H,11-14H2,(H,23,29)(H,24,30)(H,25,26)(H,27,28). The summed E-state index contributed by atoms with van der Waals surface area (Å²) in [6, 6.07) is 15.3. The highest BCUT2D eigenvalue weighted by atomic mass is 33.1. The third kappa shape index (κ3) is 10.5. The summed E-state index contributed by atoms with van der Waals surface area (Å²) in [7, 11) is 2.08. The van der Waals surface area contributed by atoms with E-state index in [4.69, 9.17) is 9.47 Å². The van der Waals surface area contributed by atoms with Crippen molar-refractivity contribution in [2.75, 3.05) is 11.5 Å². The van der Waals surface area contributed by atoms with E-state index in [9.17, 15) is 29.4 Å². The second-order valence-electron chi connectivity index (χ2n) is 6.76. The number of hydrogen-bond donors (Lipinski definition) is 4. The van der Waals surface area contributed by atoms with Gasteiger partial charge in [0, 0.05) is 11.5 Å². The molecule has 12 heteroatoms. The lowest BCUT2D eigenvalue weighted by Crippen LogP contribution is -2.43. The van der Waals surface area contributed by atoms with Crippen LogP contribution in [0.4, 0.5) is 9.59 Å². The van der Waals surface area contributed by atoms with Crippen molar-refractivity contribution < 1.29 is 38.9 Å². The van der Waals surface area contributed by atoms with E-state index >= 15 is 0 Å². The summed E-state index contributed by atoms with van der Waals surface area (Å²) in [4.78, 5) is 46.6. The molecule has 2 aromatic carbocycles. The molecular weight excluding hydrogens is 484 g/mol. The molecule has 0 heterocycles. The molecule has 2 atom stereocenters. The quantitative estimate of drug-likeness (QED) is 0.235. The first kappa shape index (κ1) is 26.9. The van der Waals surface area contributed by atoms with Crippen LogP contribution in [0.15, 0.2) is 60.7 Å². The molecule has 34 heavy (non-hydrogen) atoms. The summed E-state index contributed by atoms with van der Waals surface area (Å²) in [5.74, 6) is -2.62. The average molecular weight is 509 g/mol. The molecule has 0 bridgehead atoms. The molecular formula is C22H24N2O8S2. The van der Waals surface area contributed by atoms with E-state index < -0.39 is 36.2 Å². The minimum Gasteiger partial charge on any atom is -0.480 e. The van der Waals surface area contributed by atoms with Gasteiger partial charge in [-0.05, 0) is 11.1 Å². The first-order valence-electron chi connectivity index (χ1n) is 9.99. The van der Waals surface area contributed by atoms with Crippen molar-refractivity contribution in [1.29, 1.82) is 0 Å². The number of hydrogen-bond acceptors (Lipinski definition) is 8. The Morgan fingerprint density at radius 2 is 1.03 bits per heavy atom. The van der Waals surface area contributed by atoms with E-state index in [1.54, 1.807) is 48.5 Å². The number of alkyl carbamates (subject to hydrolysis) is 2. The SMILES string of the molecule is O=C(NC(CSSCC(NC(=O)OCc1ccccc1)C(=O)O)C(=O)O)OCc1ccccc1. The van der Waals surface area contributed by atoms with Crippen LogP contribution in [-0.4, -0.2) is 57.9 Å². The highest BCUT2D eigenvalue weighted by molar-refractivity contribution is 8.76. The van der Waals surface area contributed by atoms with Gasteiger partial charge in [-0.2, -0.15) is 0 Å². The Balaban J connectivity index is 1.71. The zero-order chi connectivity index (χ0) is 24.8. The molecule has 0 aromatic heterocycles. The maximum absolute atomic E-state index is 11.9. The number of rotatable bonds is 13. The van der Waals surface area contributed by atoms with Gasteiger partial charge >= 0.3 is 24.1 Å². The number of carboxylic acid groups (broad SMARTS) is 2. The molecule has 4 N–H and O–H groups in total. The van der Waals surface area contributed by atoms with Crippen LogP contribution in [0.5, 0.6) is 0 Å². The largest absolute Gasteiger partial charge is 0.480 e. The Kier molecular flexibility index (Phi) is 11.6. The van der Waals surface area contributed by atoms with Gasteiger partial charge in [0.15, 0.2) is 0 Å². The number of carbonyl (C=O) groups excluding carboxylic acids is 2. The van der Waals surface area contributed by atoms with Crippen LogP contribution in [-0.2, 0) is 32.3 Å². The zero-order valence-electron chi connectivity index (χ0n) is 17.9. The van der Waals surface area contributed by atoms with E-state index in [1.807, 2.05) is 12.1 Å². The van der Waals surface area contributed by atoms with Crippen molar-refractivity contribution in [3.8, 4) is 0 Å². The average Bonchev–Trinajstić information content (AvgIpc) is 2.83. The van der Waals surface area contributed by atoms with Crippen LogP contribution in [0.2, 0.25) is 0 Å². The number of carboxylic acids is 2. The molecule has 2 aromatic rings. The van der Waals surface area contributed by atoms with Gasteiger partial charge in [0.05, 0.1) is 0 Å². The smallest absolute Gasteiger partial charge is 0.408 e. The van der Waals surface area contributed by atoms with Crippen molar-refractivity contribution in [1.82, 2.24) is 10.6 Å². The van der Waals surface area contributed by atoms with Crippen molar-refractivity contribution in [2.45, 2.75) is 25.3 Å². The lowest BCUT2D eigenvalue weighted by molar-refractivity contribution is -0.139. The van der Waals surface area contributed by atoms with E-state index in [0.717, 1.165) is 32.7 Å². The summed E-state index contributed by atoms with van der Waals surface area (Å²) in [6.07, 6.45) is -1.76. The normalized spacial score (nSPS) is 12.1. The van der Waals surface area contributed by atoms with E-state index in [2.05, 4.69) is 10.6 Å². The molecule has 10 nitrogen and oxygen atoms in total. The lowest BCUT2D eigenvalue weighted by atomic mass is 10.2. The van der Waals surface area contributed by atoms with Crippen LogP contribution in [0, 0.1) is 0 Å². The second-order valence-corrected chi connectivity index (χ2v) is 9.32. The van der Waals surface area contributed by atoms with Crippen molar-refractivity contribution in [3.05, 3.63) is 71.8 Å². The molecule has 0 fully saturated rings. The van der Waals surface area contributed by atoms with E-state index in [-0.39, 0.29) is 24.7 Å². The van der Waals surface area contributed by atoms with Gasteiger partial charge in [0.25, 0.3) is 0 Å². The summed E-state index contributed by atoms with van der Waals surface area (Å²) < 4.78 is 10.0. The van der Waals surface area contributed by atoms with E-state index in [0.29, 0.717) is 0 Å². The number of benzene rings is 2. The molecule has 0 saturated carbocycles. The highest BCUT2D eigenvalue weighted by Gasteiger charge is 2.24. The maximum Gasteiger partial charge on any atom is 0.408 e. The summed E-state index contributed by atoms with van der Waals surface area (Å²) in [5.41, 5.74) is 1.51. The maximum atomic E-state index is 11.9. The molecule has 0 aliphatic heterocycles. The predicted molar refractivity (Wildman–Crippen MR) is 127 cm³/mol. The van der Waals surface area contributed by atoms with Crippen LogP contribution < -0.4 is 10.6 Å². The van der Waals surface area contributed by atoms with Gasteiger partial charge in [-0.1, -0.05) is 82.3 Å². The molecule has 182 valence electrons. The Morgan fingerprint density at radius 1 is 0.676 bits per heavy atom. The molecule has 0 aliphatic carbocycles. The first-order valence-corrected chi connectivity index (χ1v) is 12.5. The fraction of sp³-hybridized carbons (Fsp3) is 0.273. The van der Waals surface area contributed by atoms with E-state index in [1.165, 1.54) is 0 Å². The van der Waals surface area contributed by atoms with Gasteiger partial charge in [-0.3, -0.25) is 0 Å². The summed E-state index contributed by atoms with van der Waals surface area (Å²) in [6.45, 7) is -0.0134. The third-order valence-corrected chi connectivity index (χ3v) is 6.58. The monoisotopic (exact) mass is 508 g/mol. The highest BCUT2D eigenvalue weighted by Crippen LogP contribution is 2.23. The van der Waals surface area contributed by atoms with Crippen LogP contribution in [0.25, 0.3) is 0 Å². The topological polar surface area (TPSA) is 151 Å². The number of carbonyl (C=O) groups is 4. The minimum absolute atomic E-state index is 0.00671. The number of amides is 2. The number of ether oxygens (including phenoxy) is 2. The summed E-state index contributed by atoms with van der Waals surface area (Å²) in [5, 5.41) is 23.2. The van der Waals surface area contributed by atoms with Crippen LogP contribution >= 0.6 is 21.6 Å². The zero-order valence-corrected chi connectivity index (χ0v) is 19.6. The third-order valence-electron chi connectivity index (χ3n) is 4.16.